The monoisotopic (exact) mass is 541 g/mol. The number of benzene rings is 2. The first-order chi connectivity index (χ1) is 17.9. The molecule has 0 saturated carbocycles. The van der Waals surface area contributed by atoms with Gasteiger partial charge in [0.1, 0.15) is 22.9 Å². The fourth-order valence-electron chi connectivity index (χ4n) is 3.51. The lowest BCUT2D eigenvalue weighted by Gasteiger charge is -2.22. The first-order valence-electron chi connectivity index (χ1n) is 11.4. The van der Waals surface area contributed by atoms with Crippen LogP contribution >= 0.6 is 0 Å². The van der Waals surface area contributed by atoms with Crippen LogP contribution in [-0.2, 0) is 17.3 Å². The molecule has 0 aliphatic rings. The number of carbonyl (C=O) groups excluding carboxylic acids is 1. The van der Waals surface area contributed by atoms with Crippen LogP contribution in [0.3, 0.4) is 0 Å². The summed E-state index contributed by atoms with van der Waals surface area (Å²) in [5, 5.41) is 5.61. The Morgan fingerprint density at radius 3 is 2.50 bits per heavy atom. The van der Waals surface area contributed by atoms with Crippen LogP contribution < -0.4 is 30.4 Å². The highest BCUT2D eigenvalue weighted by molar-refractivity contribution is 7.90. The number of ether oxygens (including phenoxy) is 1. The molecule has 1 amide bonds. The van der Waals surface area contributed by atoms with Crippen LogP contribution in [0.2, 0.25) is 0 Å². The average Bonchev–Trinajstić information content (AvgIpc) is 2.86. The molecule has 0 atom stereocenters. The Hall–Kier alpha value is -4.34. The van der Waals surface area contributed by atoms with Gasteiger partial charge in [-0.25, -0.2) is 9.11 Å². The number of hydrogen-bond donors (Lipinski definition) is 4. The second kappa shape index (κ2) is 11.4. The molecule has 0 saturated heterocycles. The minimum atomic E-state index is -3.80. The molecule has 3 aromatic rings. The number of anilines is 3. The summed E-state index contributed by atoms with van der Waals surface area (Å²) in [7, 11) is -1.11. The second-order valence-corrected chi connectivity index (χ2v) is 10.2. The van der Waals surface area contributed by atoms with Crippen LogP contribution in [0.15, 0.2) is 47.3 Å². The number of nitrogens with zero attached hydrogens (tertiary/aromatic N) is 1. The molecular weight excluding hydrogens is 513 g/mol. The van der Waals surface area contributed by atoms with Crippen molar-refractivity contribution >= 4 is 33.3 Å². The van der Waals surface area contributed by atoms with E-state index in [1.807, 2.05) is 0 Å². The van der Waals surface area contributed by atoms with Crippen LogP contribution in [0.5, 0.6) is 11.5 Å². The van der Waals surface area contributed by atoms with Crippen molar-refractivity contribution < 1.29 is 22.3 Å². The molecule has 3 rings (SSSR count). The number of hydrogen-bond acceptors (Lipinski definition) is 6. The van der Waals surface area contributed by atoms with Gasteiger partial charge in [-0.3, -0.25) is 18.9 Å². The minimum Gasteiger partial charge on any atom is -0.456 e. The third kappa shape index (κ3) is 6.31. The summed E-state index contributed by atoms with van der Waals surface area (Å²) in [6.07, 6.45) is 5.34. The quantitative estimate of drug-likeness (QED) is 0.308. The topological polar surface area (TPSA) is 131 Å². The number of nitrogens with one attached hydrogen (secondary N) is 4. The summed E-state index contributed by atoms with van der Waals surface area (Å²) >= 11 is 0. The van der Waals surface area contributed by atoms with Gasteiger partial charge in [0.05, 0.1) is 16.9 Å². The molecular formula is C26H28FN5O5S. The van der Waals surface area contributed by atoms with Crippen molar-refractivity contribution in [2.45, 2.75) is 26.8 Å². The molecule has 0 unspecified atom stereocenters. The lowest BCUT2D eigenvalue weighted by molar-refractivity contribution is 0.0941. The van der Waals surface area contributed by atoms with E-state index in [1.54, 1.807) is 13.8 Å². The van der Waals surface area contributed by atoms with Crippen molar-refractivity contribution in [2.75, 3.05) is 17.1 Å². The molecule has 200 valence electrons. The van der Waals surface area contributed by atoms with Gasteiger partial charge < -0.3 is 15.4 Å². The van der Waals surface area contributed by atoms with Gasteiger partial charge in [0.15, 0.2) is 5.75 Å². The Morgan fingerprint density at radius 1 is 1.18 bits per heavy atom. The highest BCUT2D eigenvalue weighted by Crippen LogP contribution is 2.35. The van der Waals surface area contributed by atoms with E-state index in [9.17, 15) is 22.4 Å². The fourth-order valence-corrected chi connectivity index (χ4v) is 4.05. The Kier molecular flexibility index (Phi) is 8.45. The molecule has 0 fully saturated rings. The number of terminal acetylenes is 1. The van der Waals surface area contributed by atoms with Gasteiger partial charge in [-0.15, -0.1) is 6.42 Å². The SMILES string of the molecule is C#Cc1ccc(Nc2c(C(=O)NC(C)C)c(Oc3cccc(NS(=O)(=O)NC)c3)c(C)c(=O)n2C)c(F)c1. The van der Waals surface area contributed by atoms with Gasteiger partial charge >= 0.3 is 0 Å². The summed E-state index contributed by atoms with van der Waals surface area (Å²) < 4.78 is 50.3. The summed E-state index contributed by atoms with van der Waals surface area (Å²) in [5.41, 5.74) is 0.0328. The highest BCUT2D eigenvalue weighted by Gasteiger charge is 2.27. The first kappa shape index (κ1) is 28.2. The number of amides is 1. The summed E-state index contributed by atoms with van der Waals surface area (Å²) in [4.78, 5) is 26.6. The lowest BCUT2D eigenvalue weighted by atomic mass is 10.1. The van der Waals surface area contributed by atoms with Crippen LogP contribution in [-0.4, -0.2) is 32.0 Å². The Morgan fingerprint density at radius 2 is 1.89 bits per heavy atom. The molecule has 10 nitrogen and oxygen atoms in total. The van der Waals surface area contributed by atoms with Crippen molar-refractivity contribution in [3.63, 3.8) is 0 Å². The molecule has 1 aromatic heterocycles. The first-order valence-corrected chi connectivity index (χ1v) is 12.9. The van der Waals surface area contributed by atoms with Gasteiger partial charge in [0, 0.05) is 31.8 Å². The van der Waals surface area contributed by atoms with E-state index >= 15 is 0 Å². The van der Waals surface area contributed by atoms with Crippen LogP contribution in [0.25, 0.3) is 0 Å². The number of rotatable bonds is 9. The third-order valence-corrected chi connectivity index (χ3v) is 6.42. The van der Waals surface area contributed by atoms with E-state index in [-0.39, 0.29) is 45.9 Å². The predicted molar refractivity (Wildman–Crippen MR) is 145 cm³/mol. The predicted octanol–water partition coefficient (Wildman–Crippen LogP) is 3.36. The van der Waals surface area contributed by atoms with Crippen molar-refractivity contribution in [1.29, 1.82) is 0 Å². The number of carbonyl (C=O) groups is 1. The summed E-state index contributed by atoms with van der Waals surface area (Å²) in [6, 6.07) is 9.75. The zero-order valence-corrected chi connectivity index (χ0v) is 22.3. The Labute approximate surface area is 220 Å². The van der Waals surface area contributed by atoms with E-state index in [4.69, 9.17) is 11.2 Å². The molecule has 0 spiro atoms. The van der Waals surface area contributed by atoms with Crippen molar-refractivity contribution in [3.05, 3.63) is 75.3 Å². The molecule has 38 heavy (non-hydrogen) atoms. The zero-order valence-electron chi connectivity index (χ0n) is 21.5. The summed E-state index contributed by atoms with van der Waals surface area (Å²) in [5.74, 6) is 1.12. The van der Waals surface area contributed by atoms with Crippen LogP contribution in [0, 0.1) is 25.1 Å². The van der Waals surface area contributed by atoms with Crippen molar-refractivity contribution in [2.24, 2.45) is 7.05 Å². The number of aromatic nitrogens is 1. The van der Waals surface area contributed by atoms with Crippen LogP contribution in [0.1, 0.15) is 35.3 Å². The van der Waals surface area contributed by atoms with Crippen molar-refractivity contribution in [1.82, 2.24) is 14.6 Å². The molecule has 0 radical (unpaired) electrons. The standard InChI is InChI=1S/C26H28FN5O5S/c1-7-17-11-12-21(20(27)13-17)30-24-22(25(33)29-15(2)3)23(16(4)26(34)32(24)6)37-19-10-8-9-18(14-19)31-38(35,36)28-5/h1,8-15,28,30-31H,2-6H3,(H,29,33). The lowest BCUT2D eigenvalue weighted by Crippen LogP contribution is -2.34. The molecule has 12 heteroatoms. The number of halogens is 1. The van der Waals surface area contributed by atoms with E-state index in [0.29, 0.717) is 5.56 Å². The van der Waals surface area contributed by atoms with Crippen molar-refractivity contribution in [3.8, 4) is 23.8 Å². The molecule has 0 aliphatic heterocycles. The maximum Gasteiger partial charge on any atom is 0.298 e. The number of pyridine rings is 1. The minimum absolute atomic E-state index is 0.0177. The largest absolute Gasteiger partial charge is 0.456 e. The van der Waals surface area contributed by atoms with E-state index in [1.165, 1.54) is 62.0 Å². The Bertz CT molecular complexity index is 1590. The van der Waals surface area contributed by atoms with E-state index in [0.717, 1.165) is 6.07 Å². The second-order valence-electron chi connectivity index (χ2n) is 8.57. The van der Waals surface area contributed by atoms with E-state index in [2.05, 4.69) is 26.0 Å². The molecule has 0 bridgehead atoms. The molecule has 0 aliphatic carbocycles. The van der Waals surface area contributed by atoms with Crippen LogP contribution in [0.4, 0.5) is 21.6 Å². The Balaban J connectivity index is 2.20. The maximum absolute atomic E-state index is 14.8. The summed E-state index contributed by atoms with van der Waals surface area (Å²) in [6.45, 7) is 5.01. The molecule has 1 heterocycles. The third-order valence-electron chi connectivity index (χ3n) is 5.38. The smallest absolute Gasteiger partial charge is 0.298 e. The average molecular weight is 542 g/mol. The van der Waals surface area contributed by atoms with Gasteiger partial charge in [-0.1, -0.05) is 12.0 Å². The fraction of sp³-hybridized carbons (Fsp3) is 0.231. The molecule has 2 aromatic carbocycles. The van der Waals surface area contributed by atoms with Gasteiger partial charge in [0.2, 0.25) is 0 Å². The van der Waals surface area contributed by atoms with E-state index < -0.39 is 27.5 Å². The van der Waals surface area contributed by atoms with Gasteiger partial charge in [0.25, 0.3) is 21.7 Å². The maximum atomic E-state index is 14.8. The van der Waals surface area contributed by atoms with Gasteiger partial charge in [-0.2, -0.15) is 8.42 Å². The van der Waals surface area contributed by atoms with Gasteiger partial charge in [-0.05, 0) is 51.1 Å². The molecule has 4 N–H and O–H groups in total. The normalized spacial score (nSPS) is 11.1. The highest BCUT2D eigenvalue weighted by atomic mass is 32.2. The zero-order chi connectivity index (χ0) is 28.2.